The van der Waals surface area contributed by atoms with Crippen LogP contribution < -0.4 is 19.7 Å². The zero-order valence-electron chi connectivity index (χ0n) is 17.8. The van der Waals surface area contributed by atoms with Gasteiger partial charge in [0, 0.05) is 15.8 Å². The highest BCUT2D eigenvalue weighted by molar-refractivity contribution is 7.99. The average molecular weight is 470 g/mol. The average Bonchev–Trinajstić information content (AvgIpc) is 2.76. The molecule has 0 bridgehead atoms. The van der Waals surface area contributed by atoms with Crippen molar-refractivity contribution in [2.75, 3.05) is 17.3 Å². The molecule has 1 aliphatic heterocycles. The number of methoxy groups -OCH3 is 1. The quantitative estimate of drug-likeness (QED) is 0.535. The van der Waals surface area contributed by atoms with E-state index in [2.05, 4.69) is 10.0 Å². The lowest BCUT2D eigenvalue weighted by atomic mass is 10.2. The summed E-state index contributed by atoms with van der Waals surface area (Å²) in [7, 11) is -2.27. The summed E-state index contributed by atoms with van der Waals surface area (Å²) in [5.41, 5.74) is 1.76. The van der Waals surface area contributed by atoms with Crippen LogP contribution in [0.25, 0.3) is 0 Å². The topological polar surface area (TPSA) is 87.7 Å². The van der Waals surface area contributed by atoms with Gasteiger partial charge in [-0.05, 0) is 56.3 Å². The molecule has 0 fully saturated rings. The Morgan fingerprint density at radius 3 is 2.12 bits per heavy atom. The molecule has 2 N–H and O–H groups in total. The molecule has 1 heterocycles. The summed E-state index contributed by atoms with van der Waals surface area (Å²) in [5, 5.41) is 2.84. The van der Waals surface area contributed by atoms with Gasteiger partial charge in [-0.3, -0.25) is 4.90 Å². The van der Waals surface area contributed by atoms with Crippen molar-refractivity contribution < 1.29 is 17.9 Å². The minimum absolute atomic E-state index is 0.0392. The molecule has 0 saturated heterocycles. The predicted octanol–water partition coefficient (Wildman–Crippen LogP) is 5.22. The summed E-state index contributed by atoms with van der Waals surface area (Å²) in [4.78, 5) is 17.0. The first-order chi connectivity index (χ1) is 15.3. The number of hydrogen-bond acceptors (Lipinski definition) is 5. The second-order valence-corrected chi connectivity index (χ2v) is 10.2. The molecule has 32 heavy (non-hydrogen) atoms. The molecule has 0 aliphatic carbocycles. The van der Waals surface area contributed by atoms with E-state index in [1.165, 1.54) is 25.3 Å². The lowest BCUT2D eigenvalue weighted by Gasteiger charge is -2.31. The van der Waals surface area contributed by atoms with E-state index in [1.807, 2.05) is 48.5 Å². The van der Waals surface area contributed by atoms with Crippen LogP contribution in [0.2, 0.25) is 0 Å². The minimum Gasteiger partial charge on any atom is -0.495 e. The first-order valence-electron chi connectivity index (χ1n) is 9.97. The Hall–Kier alpha value is -3.01. The molecule has 2 amide bonds. The van der Waals surface area contributed by atoms with Crippen molar-refractivity contribution in [1.82, 2.24) is 4.72 Å². The third-order valence-corrected chi connectivity index (χ3v) is 7.54. The van der Waals surface area contributed by atoms with Crippen molar-refractivity contribution in [3.8, 4) is 5.75 Å². The number of ether oxygens (including phenoxy) is 1. The summed E-state index contributed by atoms with van der Waals surface area (Å²) < 4.78 is 33.2. The van der Waals surface area contributed by atoms with Crippen molar-refractivity contribution in [2.45, 2.75) is 34.6 Å². The van der Waals surface area contributed by atoms with Gasteiger partial charge in [-0.1, -0.05) is 36.0 Å². The number of fused-ring (bicyclic) bond motifs is 2. The summed E-state index contributed by atoms with van der Waals surface area (Å²) in [6, 6.07) is 19.0. The van der Waals surface area contributed by atoms with Crippen LogP contribution in [0.5, 0.6) is 5.75 Å². The van der Waals surface area contributed by atoms with Crippen LogP contribution in [0.3, 0.4) is 0 Å². The smallest absolute Gasteiger partial charge is 0.331 e. The van der Waals surface area contributed by atoms with Crippen LogP contribution in [0, 0.1) is 0 Å². The third-order valence-electron chi connectivity index (χ3n) is 4.75. The largest absolute Gasteiger partial charge is 0.495 e. The molecule has 3 aromatic carbocycles. The number of hydrogen-bond donors (Lipinski definition) is 2. The number of benzene rings is 3. The minimum atomic E-state index is -3.74. The van der Waals surface area contributed by atoms with Gasteiger partial charge in [0.1, 0.15) is 5.75 Å². The molecule has 0 radical (unpaired) electrons. The molecule has 4 rings (SSSR count). The standard InChI is InChI=1S/C23H23N3O4S2/c1-15(2)25-32(28,29)16-12-13-20(30-3)17(14-16)24-23(27)26-18-8-4-6-10-21(18)31-22-11-7-5-9-19(22)26/h4-15,25H,1-3H3,(H,24,27). The van der Waals surface area contributed by atoms with E-state index in [1.54, 1.807) is 30.5 Å². The maximum atomic E-state index is 13.5. The van der Waals surface area contributed by atoms with Crippen LogP contribution in [0.1, 0.15) is 13.8 Å². The molecule has 0 aromatic heterocycles. The number of carbonyl (C=O) groups is 1. The maximum Gasteiger partial charge on any atom is 0.331 e. The number of nitrogens with zero attached hydrogens (tertiary/aromatic N) is 1. The van der Waals surface area contributed by atoms with E-state index in [4.69, 9.17) is 4.74 Å². The second kappa shape index (κ2) is 8.85. The Kier molecular flexibility index (Phi) is 6.14. The van der Waals surface area contributed by atoms with Gasteiger partial charge in [0.25, 0.3) is 0 Å². The van der Waals surface area contributed by atoms with Crippen LogP contribution in [-0.2, 0) is 10.0 Å². The first-order valence-corrected chi connectivity index (χ1v) is 12.3. The van der Waals surface area contributed by atoms with E-state index in [0.29, 0.717) is 5.75 Å². The van der Waals surface area contributed by atoms with Gasteiger partial charge >= 0.3 is 6.03 Å². The van der Waals surface area contributed by atoms with E-state index in [9.17, 15) is 13.2 Å². The number of nitrogens with one attached hydrogen (secondary N) is 2. The summed E-state index contributed by atoms with van der Waals surface area (Å²) in [5.74, 6) is 0.356. The summed E-state index contributed by atoms with van der Waals surface area (Å²) >= 11 is 1.60. The number of para-hydroxylation sites is 2. The highest BCUT2D eigenvalue weighted by Crippen LogP contribution is 2.48. The van der Waals surface area contributed by atoms with Crippen LogP contribution in [-0.4, -0.2) is 27.6 Å². The fourth-order valence-electron chi connectivity index (χ4n) is 3.42. The van der Waals surface area contributed by atoms with Gasteiger partial charge in [-0.2, -0.15) is 0 Å². The molecular weight excluding hydrogens is 446 g/mol. The van der Waals surface area contributed by atoms with Gasteiger partial charge in [-0.15, -0.1) is 0 Å². The van der Waals surface area contributed by atoms with Crippen molar-refractivity contribution >= 4 is 44.9 Å². The first kappa shape index (κ1) is 22.2. The zero-order valence-corrected chi connectivity index (χ0v) is 19.5. The Labute approximate surface area is 191 Å². The fraction of sp³-hybridized carbons (Fsp3) is 0.174. The molecule has 0 saturated carbocycles. The van der Waals surface area contributed by atoms with Gasteiger partial charge in [0.05, 0.1) is 29.1 Å². The molecule has 166 valence electrons. The molecule has 0 spiro atoms. The van der Waals surface area contributed by atoms with E-state index in [0.717, 1.165) is 21.2 Å². The number of anilines is 3. The maximum absolute atomic E-state index is 13.5. The second-order valence-electron chi connectivity index (χ2n) is 7.44. The third kappa shape index (κ3) is 4.32. The predicted molar refractivity (Wildman–Crippen MR) is 127 cm³/mol. The van der Waals surface area contributed by atoms with Crippen molar-refractivity contribution in [2.24, 2.45) is 0 Å². The van der Waals surface area contributed by atoms with Gasteiger partial charge in [-0.25, -0.2) is 17.9 Å². The Morgan fingerprint density at radius 1 is 0.969 bits per heavy atom. The molecule has 0 unspecified atom stereocenters. The molecule has 7 nitrogen and oxygen atoms in total. The SMILES string of the molecule is COc1ccc(S(=O)(=O)NC(C)C)cc1NC(=O)N1c2ccccc2Sc2ccccc21. The summed E-state index contributed by atoms with van der Waals surface area (Å²) in [6.45, 7) is 3.49. The number of amides is 2. The van der Waals surface area contributed by atoms with Crippen LogP contribution >= 0.6 is 11.8 Å². The van der Waals surface area contributed by atoms with E-state index in [-0.39, 0.29) is 16.6 Å². The Balaban J connectivity index is 1.73. The van der Waals surface area contributed by atoms with Crippen molar-refractivity contribution in [1.29, 1.82) is 0 Å². The highest BCUT2D eigenvalue weighted by Gasteiger charge is 2.29. The molecule has 1 aliphatic rings. The van der Waals surface area contributed by atoms with E-state index < -0.39 is 16.1 Å². The normalized spacial score (nSPS) is 12.8. The fourth-order valence-corrected chi connectivity index (χ4v) is 5.76. The van der Waals surface area contributed by atoms with Gasteiger partial charge < -0.3 is 10.1 Å². The number of sulfonamides is 1. The zero-order chi connectivity index (χ0) is 22.9. The summed E-state index contributed by atoms with van der Waals surface area (Å²) in [6.07, 6.45) is 0. The number of rotatable bonds is 5. The van der Waals surface area contributed by atoms with Gasteiger partial charge in [0.2, 0.25) is 10.0 Å². The van der Waals surface area contributed by atoms with Gasteiger partial charge in [0.15, 0.2) is 0 Å². The monoisotopic (exact) mass is 469 g/mol. The number of carbonyl (C=O) groups excluding carboxylic acids is 1. The van der Waals surface area contributed by atoms with E-state index >= 15 is 0 Å². The highest BCUT2D eigenvalue weighted by atomic mass is 32.2. The molecule has 9 heteroatoms. The van der Waals surface area contributed by atoms with Crippen LogP contribution in [0.4, 0.5) is 21.9 Å². The Morgan fingerprint density at radius 2 is 1.56 bits per heavy atom. The lowest BCUT2D eigenvalue weighted by molar-refractivity contribution is 0.258. The van der Waals surface area contributed by atoms with Crippen LogP contribution in [0.15, 0.2) is 81.4 Å². The molecule has 0 atom stereocenters. The molecule has 3 aromatic rings. The lowest BCUT2D eigenvalue weighted by Crippen LogP contribution is -2.33. The number of urea groups is 1. The Bertz CT molecular complexity index is 1230. The molecular formula is C23H23N3O4S2. The van der Waals surface area contributed by atoms with Crippen molar-refractivity contribution in [3.63, 3.8) is 0 Å². The van der Waals surface area contributed by atoms with Crippen molar-refractivity contribution in [3.05, 3.63) is 66.7 Å².